The second-order valence-electron chi connectivity index (χ2n) is 3.63. The van der Waals surface area contributed by atoms with E-state index in [0.717, 1.165) is 32.0 Å². The molecule has 6 heteroatoms. The van der Waals surface area contributed by atoms with Crippen molar-refractivity contribution >= 4 is 5.95 Å². The molecule has 0 atom stereocenters. The van der Waals surface area contributed by atoms with Crippen LogP contribution in [0.15, 0.2) is 37.4 Å². The van der Waals surface area contributed by atoms with Crippen LogP contribution in [-0.2, 0) is 13.1 Å². The first-order valence-electron chi connectivity index (χ1n) is 5.60. The van der Waals surface area contributed by atoms with Gasteiger partial charge in [-0.15, -0.1) is 11.7 Å². The highest BCUT2D eigenvalue weighted by Gasteiger charge is 2.00. The van der Waals surface area contributed by atoms with Crippen molar-refractivity contribution in [2.75, 3.05) is 11.9 Å². The maximum atomic E-state index is 4.24. The van der Waals surface area contributed by atoms with Crippen molar-refractivity contribution in [1.29, 1.82) is 0 Å². The standard InChI is InChI=1S/C11H16N6/c1-2-4-12-11-13-5-9-16(11)7-3-8-17-10-6-14-15-17/h2,5-6,9-10H,1,3-4,7-8H2,(H,12,13). The molecule has 0 aliphatic heterocycles. The lowest BCUT2D eigenvalue weighted by Gasteiger charge is -2.08. The monoisotopic (exact) mass is 232 g/mol. The first-order chi connectivity index (χ1) is 8.40. The number of anilines is 1. The average molecular weight is 232 g/mol. The van der Waals surface area contributed by atoms with Gasteiger partial charge in [-0.2, -0.15) is 0 Å². The Hall–Kier alpha value is -2.11. The lowest BCUT2D eigenvalue weighted by molar-refractivity contribution is 0.516. The van der Waals surface area contributed by atoms with Gasteiger partial charge in [0.15, 0.2) is 0 Å². The van der Waals surface area contributed by atoms with Gasteiger partial charge in [-0.05, 0) is 6.42 Å². The molecule has 2 heterocycles. The first kappa shape index (κ1) is 11.4. The Morgan fingerprint density at radius 3 is 3.00 bits per heavy atom. The van der Waals surface area contributed by atoms with Crippen molar-refractivity contribution in [2.24, 2.45) is 0 Å². The second kappa shape index (κ2) is 5.83. The summed E-state index contributed by atoms with van der Waals surface area (Å²) >= 11 is 0. The minimum absolute atomic E-state index is 0.722. The molecule has 1 N–H and O–H groups in total. The summed E-state index contributed by atoms with van der Waals surface area (Å²) < 4.78 is 3.91. The molecule has 2 rings (SSSR count). The number of hydrogen-bond donors (Lipinski definition) is 1. The highest BCUT2D eigenvalue weighted by Crippen LogP contribution is 2.05. The van der Waals surface area contributed by atoms with E-state index < -0.39 is 0 Å². The number of nitrogens with one attached hydrogen (secondary N) is 1. The molecule has 17 heavy (non-hydrogen) atoms. The summed E-state index contributed by atoms with van der Waals surface area (Å²) in [6, 6.07) is 0. The zero-order chi connectivity index (χ0) is 11.9. The quantitative estimate of drug-likeness (QED) is 0.728. The average Bonchev–Trinajstić information content (AvgIpc) is 2.98. The second-order valence-corrected chi connectivity index (χ2v) is 3.63. The molecule has 2 aromatic heterocycles. The molecule has 0 fully saturated rings. The van der Waals surface area contributed by atoms with E-state index in [0.29, 0.717) is 0 Å². The van der Waals surface area contributed by atoms with Gasteiger partial charge in [0.05, 0.1) is 6.20 Å². The van der Waals surface area contributed by atoms with Crippen LogP contribution in [0.1, 0.15) is 6.42 Å². The lowest BCUT2D eigenvalue weighted by atomic mass is 10.4. The number of nitrogens with zero attached hydrogens (tertiary/aromatic N) is 5. The van der Waals surface area contributed by atoms with Crippen LogP contribution >= 0.6 is 0 Å². The van der Waals surface area contributed by atoms with E-state index in [1.54, 1.807) is 12.4 Å². The van der Waals surface area contributed by atoms with E-state index in [9.17, 15) is 0 Å². The summed E-state index contributed by atoms with van der Waals surface area (Å²) in [5.41, 5.74) is 0. The Balaban J connectivity index is 1.82. The summed E-state index contributed by atoms with van der Waals surface area (Å²) in [6.45, 7) is 6.15. The Kier molecular flexibility index (Phi) is 3.90. The van der Waals surface area contributed by atoms with E-state index in [-0.39, 0.29) is 0 Å². The zero-order valence-electron chi connectivity index (χ0n) is 9.66. The lowest BCUT2D eigenvalue weighted by Crippen LogP contribution is -2.09. The molecule has 0 unspecified atom stereocenters. The molecular formula is C11H16N6. The van der Waals surface area contributed by atoms with Crippen LogP contribution in [0, 0.1) is 0 Å². The zero-order valence-corrected chi connectivity index (χ0v) is 9.66. The molecule has 90 valence electrons. The van der Waals surface area contributed by atoms with E-state index in [1.165, 1.54) is 0 Å². The Morgan fingerprint density at radius 2 is 2.24 bits per heavy atom. The maximum absolute atomic E-state index is 4.24. The number of imidazole rings is 1. The minimum atomic E-state index is 0.722. The van der Waals surface area contributed by atoms with Crippen molar-refractivity contribution in [3.8, 4) is 0 Å². The Morgan fingerprint density at radius 1 is 1.29 bits per heavy atom. The third kappa shape index (κ3) is 3.17. The van der Waals surface area contributed by atoms with Crippen molar-refractivity contribution in [3.05, 3.63) is 37.4 Å². The maximum Gasteiger partial charge on any atom is 0.203 e. The molecule has 6 nitrogen and oxygen atoms in total. The van der Waals surface area contributed by atoms with E-state index in [4.69, 9.17) is 0 Å². The van der Waals surface area contributed by atoms with Crippen molar-refractivity contribution < 1.29 is 0 Å². The Labute approximate surface area is 100.0 Å². The first-order valence-corrected chi connectivity index (χ1v) is 5.60. The van der Waals surface area contributed by atoms with Gasteiger partial charge >= 0.3 is 0 Å². The molecule has 0 bridgehead atoms. The van der Waals surface area contributed by atoms with Gasteiger partial charge in [-0.25, -0.2) is 4.98 Å². The molecule has 0 amide bonds. The fourth-order valence-electron chi connectivity index (χ4n) is 1.58. The van der Waals surface area contributed by atoms with E-state index in [2.05, 4.69) is 31.8 Å². The third-order valence-electron chi connectivity index (χ3n) is 2.38. The minimum Gasteiger partial charge on any atom is -0.352 e. The highest BCUT2D eigenvalue weighted by molar-refractivity contribution is 5.26. The van der Waals surface area contributed by atoms with Crippen molar-refractivity contribution in [3.63, 3.8) is 0 Å². The molecule has 0 saturated carbocycles. The van der Waals surface area contributed by atoms with Crippen LogP contribution in [0.4, 0.5) is 5.95 Å². The molecule has 0 radical (unpaired) electrons. The summed E-state index contributed by atoms with van der Waals surface area (Å²) in [6.07, 6.45) is 10.1. The SMILES string of the molecule is C=CCNc1nccn1CCCn1ccnn1. The predicted octanol–water partition coefficient (Wildman–Crippen LogP) is 1.16. The molecule has 0 aromatic carbocycles. The summed E-state index contributed by atoms with van der Waals surface area (Å²) in [7, 11) is 0. The van der Waals surface area contributed by atoms with Crippen LogP contribution in [0.2, 0.25) is 0 Å². The van der Waals surface area contributed by atoms with Crippen molar-refractivity contribution in [1.82, 2.24) is 24.5 Å². The molecule has 0 aliphatic carbocycles. The molecule has 0 spiro atoms. The van der Waals surface area contributed by atoms with E-state index in [1.807, 2.05) is 23.2 Å². The Bertz CT molecular complexity index is 444. The highest BCUT2D eigenvalue weighted by atomic mass is 15.4. The van der Waals surface area contributed by atoms with Gasteiger partial charge in [0.2, 0.25) is 5.95 Å². The van der Waals surface area contributed by atoms with Crippen LogP contribution in [0.3, 0.4) is 0 Å². The smallest absolute Gasteiger partial charge is 0.203 e. The molecule has 0 saturated heterocycles. The summed E-state index contributed by atoms with van der Waals surface area (Å²) in [4.78, 5) is 4.24. The normalized spacial score (nSPS) is 10.4. The topological polar surface area (TPSA) is 60.6 Å². The van der Waals surface area contributed by atoms with Gasteiger partial charge < -0.3 is 9.88 Å². The molecular weight excluding hydrogens is 216 g/mol. The largest absolute Gasteiger partial charge is 0.352 e. The van der Waals surface area contributed by atoms with Crippen LogP contribution in [0.25, 0.3) is 0 Å². The van der Waals surface area contributed by atoms with Gasteiger partial charge in [0.25, 0.3) is 0 Å². The van der Waals surface area contributed by atoms with Crippen LogP contribution in [-0.4, -0.2) is 31.1 Å². The fourth-order valence-corrected chi connectivity index (χ4v) is 1.58. The number of aryl methyl sites for hydroxylation is 2. The van der Waals surface area contributed by atoms with Gasteiger partial charge in [0.1, 0.15) is 0 Å². The fraction of sp³-hybridized carbons (Fsp3) is 0.364. The number of rotatable bonds is 7. The van der Waals surface area contributed by atoms with E-state index >= 15 is 0 Å². The van der Waals surface area contributed by atoms with Crippen molar-refractivity contribution in [2.45, 2.75) is 19.5 Å². The number of hydrogen-bond acceptors (Lipinski definition) is 4. The van der Waals surface area contributed by atoms with Gasteiger partial charge in [-0.3, -0.25) is 4.68 Å². The molecule has 0 aliphatic rings. The third-order valence-corrected chi connectivity index (χ3v) is 2.38. The number of aromatic nitrogens is 5. The summed E-state index contributed by atoms with van der Waals surface area (Å²) in [5, 5.41) is 10.9. The van der Waals surface area contributed by atoms with Crippen LogP contribution < -0.4 is 5.32 Å². The predicted molar refractivity (Wildman–Crippen MR) is 65.6 cm³/mol. The van der Waals surface area contributed by atoms with Crippen LogP contribution in [0.5, 0.6) is 0 Å². The summed E-state index contributed by atoms with van der Waals surface area (Å²) in [5.74, 6) is 0.878. The van der Waals surface area contributed by atoms with Gasteiger partial charge in [-0.1, -0.05) is 11.3 Å². The van der Waals surface area contributed by atoms with Gasteiger partial charge in [0, 0.05) is 38.2 Å². The molecule has 2 aromatic rings.